The van der Waals surface area contributed by atoms with Gasteiger partial charge in [0.15, 0.2) is 16.8 Å². The van der Waals surface area contributed by atoms with Crippen LogP contribution < -0.4 is 14.9 Å². The number of hydrogen-bond donors (Lipinski definition) is 4. The van der Waals surface area contributed by atoms with E-state index in [1.165, 1.54) is 13.2 Å². The minimum Gasteiger partial charge on any atom is -0.507 e. The maximum Gasteiger partial charge on any atom is 0.229 e. The number of phenolic OH excluding ortho intramolecular Hbond substituents is 1. The summed E-state index contributed by atoms with van der Waals surface area (Å²) in [6.07, 6.45) is -7.06. The van der Waals surface area contributed by atoms with Gasteiger partial charge in [0.1, 0.15) is 41.3 Å². The summed E-state index contributed by atoms with van der Waals surface area (Å²) in [4.78, 5) is 12.8. The number of fused-ring (bicyclic) bond motifs is 1. The van der Waals surface area contributed by atoms with Gasteiger partial charge in [-0.05, 0) is 12.5 Å². The minimum atomic E-state index is -1.62. The third-order valence-corrected chi connectivity index (χ3v) is 5.46. The second-order valence-corrected chi connectivity index (χ2v) is 7.83. The number of benzene rings is 2. The van der Waals surface area contributed by atoms with Gasteiger partial charge in [-0.15, -0.1) is 0 Å². The SMILES string of the molecule is C=C(C)[C@@H]1O[C@@H](Oc2cc(O)c3c(=O)cc(-c4ccccc4)oc3c2OC)[C@H](O)[C@@H](O)[C@@H]1O. The van der Waals surface area contributed by atoms with E-state index in [4.69, 9.17) is 18.6 Å². The minimum absolute atomic E-state index is 0.0269. The molecule has 2 aromatic carbocycles. The molecule has 1 fully saturated rings. The van der Waals surface area contributed by atoms with E-state index >= 15 is 0 Å². The van der Waals surface area contributed by atoms with Crippen molar-refractivity contribution in [2.24, 2.45) is 0 Å². The molecule has 33 heavy (non-hydrogen) atoms. The standard InChI is InChI=1S/C24H24O9/c1-11(2)21-19(28)18(27)20(29)24(33-21)32-16-10-14(26)17-13(25)9-15(12-7-5-4-6-8-12)31-23(17)22(16)30-3/h4-10,18-21,24,26-29H,1H2,2-3H3/t18-,19-,20+,21-,24+/m0/s1. The van der Waals surface area contributed by atoms with E-state index in [-0.39, 0.29) is 28.2 Å². The summed E-state index contributed by atoms with van der Waals surface area (Å²) in [7, 11) is 1.32. The van der Waals surface area contributed by atoms with Crippen molar-refractivity contribution in [2.75, 3.05) is 7.11 Å². The van der Waals surface area contributed by atoms with Gasteiger partial charge in [-0.1, -0.05) is 36.9 Å². The van der Waals surface area contributed by atoms with E-state index in [1.54, 1.807) is 31.2 Å². The van der Waals surface area contributed by atoms with E-state index in [2.05, 4.69) is 6.58 Å². The lowest BCUT2D eigenvalue weighted by Crippen LogP contribution is -2.59. The first kappa shape index (κ1) is 22.8. The average molecular weight is 456 g/mol. The summed E-state index contributed by atoms with van der Waals surface area (Å²) >= 11 is 0. The maximum absolute atomic E-state index is 12.8. The van der Waals surface area contributed by atoms with Crippen LogP contribution in [0.3, 0.4) is 0 Å². The molecule has 2 heterocycles. The summed E-state index contributed by atoms with van der Waals surface area (Å²) in [5.74, 6) is -0.320. The van der Waals surface area contributed by atoms with Crippen molar-refractivity contribution < 1.29 is 39.1 Å². The van der Waals surface area contributed by atoms with Crippen molar-refractivity contribution in [1.82, 2.24) is 0 Å². The summed E-state index contributed by atoms with van der Waals surface area (Å²) in [6.45, 7) is 5.31. The molecule has 1 aliphatic rings. The Morgan fingerprint density at radius 2 is 1.76 bits per heavy atom. The molecule has 1 aliphatic heterocycles. The third-order valence-electron chi connectivity index (χ3n) is 5.46. The van der Waals surface area contributed by atoms with Crippen LogP contribution in [0.4, 0.5) is 0 Å². The number of hydrogen-bond acceptors (Lipinski definition) is 9. The molecule has 1 saturated heterocycles. The third kappa shape index (κ3) is 4.07. The first-order valence-corrected chi connectivity index (χ1v) is 10.2. The lowest BCUT2D eigenvalue weighted by atomic mass is 9.95. The Morgan fingerprint density at radius 3 is 2.39 bits per heavy atom. The summed E-state index contributed by atoms with van der Waals surface area (Å²) < 4.78 is 22.7. The van der Waals surface area contributed by atoms with Crippen LogP contribution in [0.2, 0.25) is 0 Å². The van der Waals surface area contributed by atoms with Crippen molar-refractivity contribution in [3.63, 3.8) is 0 Å². The molecule has 9 heteroatoms. The summed E-state index contributed by atoms with van der Waals surface area (Å²) in [6, 6.07) is 11.3. The van der Waals surface area contributed by atoms with Crippen molar-refractivity contribution >= 4 is 11.0 Å². The molecule has 0 bridgehead atoms. The van der Waals surface area contributed by atoms with Gasteiger partial charge in [0.2, 0.25) is 12.0 Å². The van der Waals surface area contributed by atoms with Crippen LogP contribution in [-0.4, -0.2) is 58.2 Å². The average Bonchev–Trinajstić information content (AvgIpc) is 2.79. The zero-order chi connectivity index (χ0) is 23.9. The Labute approximate surface area is 188 Å². The van der Waals surface area contributed by atoms with Crippen molar-refractivity contribution in [3.05, 3.63) is 64.8 Å². The molecule has 4 N–H and O–H groups in total. The van der Waals surface area contributed by atoms with Crippen LogP contribution in [-0.2, 0) is 4.74 Å². The van der Waals surface area contributed by atoms with E-state index in [0.717, 1.165) is 6.07 Å². The van der Waals surface area contributed by atoms with Gasteiger partial charge in [0.25, 0.3) is 0 Å². The Morgan fingerprint density at radius 1 is 1.06 bits per heavy atom. The molecule has 1 aromatic heterocycles. The fourth-order valence-corrected chi connectivity index (χ4v) is 3.77. The van der Waals surface area contributed by atoms with Gasteiger partial charge in [0.05, 0.1) is 7.11 Å². The molecule has 9 nitrogen and oxygen atoms in total. The smallest absolute Gasteiger partial charge is 0.229 e. The fourth-order valence-electron chi connectivity index (χ4n) is 3.77. The van der Waals surface area contributed by atoms with Crippen LogP contribution >= 0.6 is 0 Å². The second kappa shape index (κ2) is 8.87. The van der Waals surface area contributed by atoms with Crippen LogP contribution in [0, 0.1) is 0 Å². The van der Waals surface area contributed by atoms with Crippen LogP contribution in [0.1, 0.15) is 6.92 Å². The van der Waals surface area contributed by atoms with E-state index in [0.29, 0.717) is 11.1 Å². The quantitative estimate of drug-likeness (QED) is 0.424. The molecular formula is C24H24O9. The lowest BCUT2D eigenvalue weighted by molar-refractivity contribution is -0.263. The molecule has 5 atom stereocenters. The predicted molar refractivity (Wildman–Crippen MR) is 118 cm³/mol. The van der Waals surface area contributed by atoms with E-state index in [9.17, 15) is 25.2 Å². The van der Waals surface area contributed by atoms with Crippen molar-refractivity contribution in [1.29, 1.82) is 0 Å². The largest absolute Gasteiger partial charge is 0.507 e. The number of phenols is 1. The fraction of sp³-hybridized carbons (Fsp3) is 0.292. The first-order chi connectivity index (χ1) is 15.7. The first-order valence-electron chi connectivity index (χ1n) is 10.2. The second-order valence-electron chi connectivity index (χ2n) is 7.83. The normalized spacial score (nSPS) is 25.1. The summed E-state index contributed by atoms with van der Waals surface area (Å²) in [5.41, 5.74) is 0.485. The van der Waals surface area contributed by atoms with Crippen LogP contribution in [0.5, 0.6) is 17.2 Å². The number of ether oxygens (including phenoxy) is 3. The number of methoxy groups -OCH3 is 1. The Balaban J connectivity index is 1.81. The molecule has 0 amide bonds. The highest BCUT2D eigenvalue weighted by Crippen LogP contribution is 2.42. The number of aliphatic hydroxyl groups excluding tert-OH is 3. The topological polar surface area (TPSA) is 139 Å². The van der Waals surface area contributed by atoms with E-state index in [1.807, 2.05) is 6.07 Å². The monoisotopic (exact) mass is 456 g/mol. The van der Waals surface area contributed by atoms with Gasteiger partial charge >= 0.3 is 0 Å². The molecule has 0 aliphatic carbocycles. The number of rotatable bonds is 5. The molecule has 3 aromatic rings. The molecule has 0 unspecified atom stereocenters. The molecule has 0 saturated carbocycles. The molecular weight excluding hydrogens is 432 g/mol. The van der Waals surface area contributed by atoms with Crippen molar-refractivity contribution in [2.45, 2.75) is 37.6 Å². The predicted octanol–water partition coefficient (Wildman–Crippen LogP) is 1.94. The highest BCUT2D eigenvalue weighted by Gasteiger charge is 2.45. The van der Waals surface area contributed by atoms with Crippen molar-refractivity contribution in [3.8, 4) is 28.6 Å². The summed E-state index contributed by atoms with van der Waals surface area (Å²) in [5, 5.41) is 41.2. The highest BCUT2D eigenvalue weighted by atomic mass is 16.7. The number of aromatic hydroxyl groups is 1. The lowest BCUT2D eigenvalue weighted by Gasteiger charge is -2.40. The zero-order valence-corrected chi connectivity index (χ0v) is 18.0. The Kier molecular flexibility index (Phi) is 6.13. The van der Waals surface area contributed by atoms with Gasteiger partial charge < -0.3 is 39.1 Å². The highest BCUT2D eigenvalue weighted by molar-refractivity contribution is 5.91. The van der Waals surface area contributed by atoms with E-state index < -0.39 is 41.9 Å². The Hall–Kier alpha value is -3.37. The van der Waals surface area contributed by atoms with Gasteiger partial charge in [-0.25, -0.2) is 0 Å². The van der Waals surface area contributed by atoms with Gasteiger partial charge in [0, 0.05) is 17.7 Å². The van der Waals surface area contributed by atoms with Crippen LogP contribution in [0.25, 0.3) is 22.3 Å². The molecule has 0 radical (unpaired) electrons. The molecule has 4 rings (SSSR count). The maximum atomic E-state index is 12.8. The van der Waals surface area contributed by atoms with Gasteiger partial charge in [-0.2, -0.15) is 0 Å². The Bertz CT molecular complexity index is 1230. The van der Waals surface area contributed by atoms with Crippen LogP contribution in [0.15, 0.2) is 63.8 Å². The molecule has 0 spiro atoms. The molecule has 174 valence electrons. The van der Waals surface area contributed by atoms with Gasteiger partial charge in [-0.3, -0.25) is 4.79 Å². The number of aliphatic hydroxyl groups is 3. The zero-order valence-electron chi connectivity index (χ0n) is 18.0.